The number of hydrogen-bond acceptors (Lipinski definition) is 4. The van der Waals surface area contributed by atoms with Crippen LogP contribution in [0.5, 0.6) is 0 Å². The van der Waals surface area contributed by atoms with Crippen molar-refractivity contribution in [1.29, 1.82) is 0 Å². The van der Waals surface area contributed by atoms with Gasteiger partial charge in [-0.15, -0.1) is 11.6 Å². The van der Waals surface area contributed by atoms with E-state index in [0.29, 0.717) is 13.2 Å². The lowest BCUT2D eigenvalue weighted by molar-refractivity contribution is 0.0478. The molecule has 0 rings (SSSR count). The monoisotopic (exact) mass is 400 g/mol. The molecule has 0 aromatic heterocycles. The molecule has 4 nitrogen and oxygen atoms in total. The maximum atomic E-state index is 9.40. The van der Waals surface area contributed by atoms with Crippen molar-refractivity contribution in [2.75, 3.05) is 19.1 Å². The van der Waals surface area contributed by atoms with Crippen LogP contribution in [0.25, 0.3) is 0 Å². The van der Waals surface area contributed by atoms with E-state index >= 15 is 0 Å². The second kappa shape index (κ2) is 10.7. The van der Waals surface area contributed by atoms with Gasteiger partial charge >= 0.3 is 8.56 Å². The number of halogens is 1. The fraction of sp³-hybridized carbons (Fsp3) is 1.00. The molecule has 8 heteroatoms. The molecule has 1 atom stereocenters. The fourth-order valence-electron chi connectivity index (χ4n) is 2.20. The van der Waals surface area contributed by atoms with Gasteiger partial charge in [-0.1, -0.05) is 13.8 Å². The van der Waals surface area contributed by atoms with Gasteiger partial charge in [-0.3, -0.25) is 0 Å². The number of aliphatic hydroxyl groups is 1. The topological polar surface area (TPSA) is 47.9 Å². The molecule has 0 aromatic rings. The SMILES string of the molecule is CC[Si](C)(C)O[Si](C)(CCCOCC(O)CCl)O[Si](C)(C)CC. The number of alkyl halides is 1. The molecule has 1 unspecified atom stereocenters. The van der Waals surface area contributed by atoms with Crippen molar-refractivity contribution in [2.45, 2.75) is 77.2 Å². The molecular weight excluding hydrogens is 364 g/mol. The predicted molar refractivity (Wildman–Crippen MR) is 107 cm³/mol. The highest BCUT2D eigenvalue weighted by Gasteiger charge is 2.41. The number of hydrogen-bond donors (Lipinski definition) is 1. The van der Waals surface area contributed by atoms with Gasteiger partial charge in [0.25, 0.3) is 0 Å². The van der Waals surface area contributed by atoms with E-state index in [1.807, 2.05) is 0 Å². The normalized spacial score (nSPS) is 15.0. The highest BCUT2D eigenvalue weighted by Crippen LogP contribution is 2.28. The second-order valence-electron chi connectivity index (χ2n) is 7.55. The van der Waals surface area contributed by atoms with Crippen LogP contribution in [-0.4, -0.2) is 55.5 Å². The average molecular weight is 401 g/mol. The van der Waals surface area contributed by atoms with E-state index in [9.17, 15) is 5.11 Å². The van der Waals surface area contributed by atoms with E-state index < -0.39 is 31.3 Å². The summed E-state index contributed by atoms with van der Waals surface area (Å²) in [5.41, 5.74) is 0. The summed E-state index contributed by atoms with van der Waals surface area (Å²) < 4.78 is 18.7. The molecule has 0 saturated carbocycles. The Morgan fingerprint density at radius 2 is 1.43 bits per heavy atom. The zero-order valence-corrected chi connectivity index (χ0v) is 19.8. The molecule has 23 heavy (non-hydrogen) atoms. The minimum atomic E-state index is -2.19. The summed E-state index contributed by atoms with van der Waals surface area (Å²) >= 11 is 5.56. The maximum absolute atomic E-state index is 9.40. The third kappa shape index (κ3) is 11.1. The maximum Gasteiger partial charge on any atom is 0.314 e. The molecule has 0 aliphatic carbocycles. The molecule has 0 amide bonds. The Kier molecular flexibility index (Phi) is 11.1. The lowest BCUT2D eigenvalue weighted by Gasteiger charge is -2.40. The van der Waals surface area contributed by atoms with Gasteiger partial charge in [0.1, 0.15) is 0 Å². The molecule has 1 N–H and O–H groups in total. The highest BCUT2D eigenvalue weighted by molar-refractivity contribution is 6.88. The van der Waals surface area contributed by atoms with Crippen LogP contribution in [0.2, 0.25) is 50.9 Å². The van der Waals surface area contributed by atoms with Crippen molar-refractivity contribution in [1.82, 2.24) is 0 Å². The zero-order valence-electron chi connectivity index (χ0n) is 16.1. The third-order valence-corrected chi connectivity index (χ3v) is 17.0. The summed E-state index contributed by atoms with van der Waals surface area (Å²) in [6, 6.07) is 3.15. The van der Waals surface area contributed by atoms with Crippen molar-refractivity contribution in [2.24, 2.45) is 0 Å². The average Bonchev–Trinajstić information content (AvgIpc) is 2.45. The zero-order chi connectivity index (χ0) is 18.1. The Labute approximate surface area is 151 Å². The van der Waals surface area contributed by atoms with Crippen molar-refractivity contribution in [3.8, 4) is 0 Å². The van der Waals surface area contributed by atoms with Crippen LogP contribution in [0.4, 0.5) is 0 Å². The van der Waals surface area contributed by atoms with Gasteiger partial charge in [-0.05, 0) is 57.3 Å². The van der Waals surface area contributed by atoms with Crippen molar-refractivity contribution in [3.05, 3.63) is 0 Å². The molecule has 0 spiro atoms. The smallest absolute Gasteiger partial charge is 0.314 e. The first-order valence-corrected chi connectivity index (χ1v) is 18.0. The Morgan fingerprint density at radius 1 is 0.957 bits per heavy atom. The van der Waals surface area contributed by atoms with E-state index in [-0.39, 0.29) is 5.88 Å². The number of rotatable bonds is 13. The molecule has 0 saturated heterocycles. The van der Waals surface area contributed by atoms with E-state index in [1.165, 1.54) is 0 Å². The predicted octanol–water partition coefficient (Wildman–Crippen LogP) is 4.55. The van der Waals surface area contributed by atoms with Gasteiger partial charge in [0, 0.05) is 6.61 Å². The third-order valence-electron chi connectivity index (χ3n) is 4.10. The van der Waals surface area contributed by atoms with Crippen LogP contribution in [0.1, 0.15) is 20.3 Å². The standard InChI is InChI=1S/C15H37ClO4Si3/c1-8-21(3,4)19-23(7,20-22(5,6)9-2)12-10-11-18-14-15(17)13-16/h15,17H,8-14H2,1-7H3. The molecule has 0 aliphatic heterocycles. The molecule has 0 radical (unpaired) electrons. The second-order valence-corrected chi connectivity index (χ2v) is 20.7. The molecule has 0 heterocycles. The molecule has 0 fully saturated rings. The molecule has 140 valence electrons. The first kappa shape index (κ1) is 23.8. The van der Waals surface area contributed by atoms with E-state index in [0.717, 1.165) is 24.6 Å². The quantitative estimate of drug-likeness (QED) is 0.280. The summed E-state index contributed by atoms with van der Waals surface area (Å²) in [7, 11) is -5.51. The van der Waals surface area contributed by atoms with Crippen LogP contribution in [0.15, 0.2) is 0 Å². The van der Waals surface area contributed by atoms with Crippen molar-refractivity contribution in [3.63, 3.8) is 0 Å². The van der Waals surface area contributed by atoms with Crippen LogP contribution in [0, 0.1) is 0 Å². The summed E-state index contributed by atoms with van der Waals surface area (Å²) in [5.74, 6) is 0.214. The largest absolute Gasteiger partial charge is 0.436 e. The van der Waals surface area contributed by atoms with E-state index in [2.05, 4.69) is 46.6 Å². The molecule has 0 bridgehead atoms. The fourth-order valence-corrected chi connectivity index (χ4v) is 14.9. The van der Waals surface area contributed by atoms with Crippen LogP contribution in [0.3, 0.4) is 0 Å². The first-order chi connectivity index (χ1) is 10.5. The molecular formula is C15H37ClO4Si3. The summed E-state index contributed by atoms with van der Waals surface area (Å²) in [4.78, 5) is 0. The Hall–Kier alpha value is 0.781. The number of aliphatic hydroxyl groups excluding tert-OH is 1. The van der Waals surface area contributed by atoms with Crippen LogP contribution in [-0.2, 0) is 13.0 Å². The number of ether oxygens (including phenoxy) is 1. The van der Waals surface area contributed by atoms with Crippen molar-refractivity contribution >= 4 is 36.8 Å². The Morgan fingerprint density at radius 3 is 1.83 bits per heavy atom. The van der Waals surface area contributed by atoms with Crippen LogP contribution < -0.4 is 0 Å². The highest BCUT2D eigenvalue weighted by atomic mass is 35.5. The lowest BCUT2D eigenvalue weighted by atomic mass is 10.4. The summed E-state index contributed by atoms with van der Waals surface area (Å²) in [6.45, 7) is 16.6. The van der Waals surface area contributed by atoms with Gasteiger partial charge in [0.15, 0.2) is 16.6 Å². The van der Waals surface area contributed by atoms with Crippen LogP contribution >= 0.6 is 11.6 Å². The van der Waals surface area contributed by atoms with Crippen molar-refractivity contribution < 1.29 is 18.1 Å². The lowest BCUT2D eigenvalue weighted by Crippen LogP contribution is -2.54. The van der Waals surface area contributed by atoms with Gasteiger partial charge in [0.2, 0.25) is 0 Å². The summed E-state index contributed by atoms with van der Waals surface area (Å²) in [5, 5.41) is 9.40. The molecule has 0 aromatic carbocycles. The Bertz CT molecular complexity index is 312. The van der Waals surface area contributed by atoms with Gasteiger partial charge in [-0.25, -0.2) is 0 Å². The van der Waals surface area contributed by atoms with Gasteiger partial charge in [-0.2, -0.15) is 0 Å². The minimum absolute atomic E-state index is 0.214. The van der Waals surface area contributed by atoms with E-state index in [1.54, 1.807) is 0 Å². The van der Waals surface area contributed by atoms with E-state index in [4.69, 9.17) is 24.6 Å². The minimum Gasteiger partial charge on any atom is -0.436 e. The van der Waals surface area contributed by atoms with Gasteiger partial charge < -0.3 is 18.1 Å². The van der Waals surface area contributed by atoms with Gasteiger partial charge in [0.05, 0.1) is 18.6 Å². The summed E-state index contributed by atoms with van der Waals surface area (Å²) in [6.07, 6.45) is 0.325. The molecule has 0 aliphatic rings. The first-order valence-electron chi connectivity index (χ1n) is 8.71. The Balaban J connectivity index is 4.61.